The van der Waals surface area contributed by atoms with Crippen LogP contribution in [0.5, 0.6) is 0 Å². The summed E-state index contributed by atoms with van der Waals surface area (Å²) in [5, 5.41) is 20.0. The largest absolute Gasteiger partial charge is 0.481 e. The van der Waals surface area contributed by atoms with E-state index in [0.29, 0.717) is 30.7 Å². The molecule has 3 amide bonds. The van der Waals surface area contributed by atoms with Crippen LogP contribution >= 0.6 is 0 Å². The molecule has 1 aliphatic rings. The van der Waals surface area contributed by atoms with Gasteiger partial charge in [-0.1, -0.05) is 36.5 Å². The highest BCUT2D eigenvalue weighted by Gasteiger charge is 2.37. The molecular formula is C27H42N2O9. The van der Waals surface area contributed by atoms with E-state index in [1.807, 2.05) is 0 Å². The first-order chi connectivity index (χ1) is 17.5. The van der Waals surface area contributed by atoms with E-state index >= 15 is 0 Å². The van der Waals surface area contributed by atoms with Crippen molar-refractivity contribution < 1.29 is 43.7 Å². The molecule has 1 aliphatic heterocycles. The molecule has 3 atom stereocenters. The van der Waals surface area contributed by atoms with Gasteiger partial charge >= 0.3 is 17.9 Å². The molecule has 0 aromatic rings. The lowest BCUT2D eigenvalue weighted by Crippen LogP contribution is -2.30. The van der Waals surface area contributed by atoms with Gasteiger partial charge in [0.25, 0.3) is 0 Å². The SMILES string of the molecule is C=C(C)C(CC(=O)NCC)C(=O)O.C=C(C)C(CC(=O)OCC)C(=O)O.C=C(C)C1CC(=O)N(CC)C1=O. The summed E-state index contributed by atoms with van der Waals surface area (Å²) in [5.41, 5.74) is 1.74. The molecule has 0 aromatic heterocycles. The van der Waals surface area contributed by atoms with Crippen molar-refractivity contribution in [2.45, 2.75) is 60.8 Å². The minimum absolute atomic E-state index is 0.0293. The van der Waals surface area contributed by atoms with Gasteiger partial charge < -0.3 is 20.3 Å². The van der Waals surface area contributed by atoms with Gasteiger partial charge in [-0.15, -0.1) is 0 Å². The highest BCUT2D eigenvalue weighted by Crippen LogP contribution is 2.24. The number of nitrogens with one attached hydrogen (secondary N) is 1. The Labute approximate surface area is 224 Å². The smallest absolute Gasteiger partial charge is 0.311 e. The van der Waals surface area contributed by atoms with Gasteiger partial charge in [0, 0.05) is 25.9 Å². The molecule has 1 saturated heterocycles. The van der Waals surface area contributed by atoms with Crippen LogP contribution in [0.3, 0.4) is 0 Å². The van der Waals surface area contributed by atoms with Crippen molar-refractivity contribution in [3.05, 3.63) is 36.5 Å². The molecular weight excluding hydrogens is 496 g/mol. The fourth-order valence-corrected chi connectivity index (χ4v) is 3.19. The quantitative estimate of drug-likeness (QED) is 0.192. The van der Waals surface area contributed by atoms with Gasteiger partial charge in [-0.3, -0.25) is 33.7 Å². The van der Waals surface area contributed by atoms with Crippen molar-refractivity contribution in [3.63, 3.8) is 0 Å². The third kappa shape index (κ3) is 13.5. The Morgan fingerprint density at radius 3 is 1.71 bits per heavy atom. The molecule has 1 fully saturated rings. The summed E-state index contributed by atoms with van der Waals surface area (Å²) in [5.74, 6) is -4.83. The number of carbonyl (C=O) groups is 6. The van der Waals surface area contributed by atoms with Gasteiger partial charge in [0.1, 0.15) is 0 Å². The predicted octanol–water partition coefficient (Wildman–Crippen LogP) is 2.96. The molecule has 0 spiro atoms. The Bertz CT molecular complexity index is 848. The second kappa shape index (κ2) is 18.5. The first-order valence-corrected chi connectivity index (χ1v) is 12.2. The highest BCUT2D eigenvalue weighted by atomic mass is 16.5. The van der Waals surface area contributed by atoms with Crippen molar-refractivity contribution in [2.75, 3.05) is 19.7 Å². The normalized spacial score (nSPS) is 15.5. The van der Waals surface area contributed by atoms with Gasteiger partial charge in [0.05, 0.1) is 30.8 Å². The van der Waals surface area contributed by atoms with E-state index in [1.54, 1.807) is 41.5 Å². The second-order valence-electron chi connectivity index (χ2n) is 8.72. The standard InChI is InChI=1S/C9H15NO3.C9H13NO2.C9H14O4/c1-4-10-8(11)5-7(6(2)3)9(12)13;1-4-10-8(11)5-7(6(2)3)9(10)12;1-4-13-8(10)5-7(6(2)3)9(11)12/h7H,2,4-5H2,1,3H3,(H,10,11)(H,12,13);7H,2,4-5H2,1,3H3;7H,2,4-5H2,1,3H3,(H,11,12). The van der Waals surface area contributed by atoms with Crippen LogP contribution in [-0.2, 0) is 33.5 Å². The maximum absolute atomic E-state index is 11.4. The fourth-order valence-electron chi connectivity index (χ4n) is 3.19. The van der Waals surface area contributed by atoms with Crippen molar-refractivity contribution in [2.24, 2.45) is 17.8 Å². The number of imide groups is 1. The Balaban J connectivity index is 0. The molecule has 11 nitrogen and oxygen atoms in total. The van der Waals surface area contributed by atoms with Crippen molar-refractivity contribution in [1.82, 2.24) is 10.2 Å². The van der Waals surface area contributed by atoms with Gasteiger partial charge in [-0.25, -0.2) is 0 Å². The predicted molar refractivity (Wildman–Crippen MR) is 142 cm³/mol. The summed E-state index contributed by atoms with van der Waals surface area (Å²) in [4.78, 5) is 67.2. The zero-order chi connectivity index (χ0) is 30.2. The first kappa shape index (κ1) is 36.4. The van der Waals surface area contributed by atoms with E-state index in [2.05, 4.69) is 29.8 Å². The van der Waals surface area contributed by atoms with Gasteiger partial charge in [-0.05, 0) is 41.5 Å². The maximum Gasteiger partial charge on any atom is 0.311 e. The number of nitrogens with zero attached hydrogens (tertiary/aromatic N) is 1. The van der Waals surface area contributed by atoms with E-state index in [0.717, 1.165) is 5.57 Å². The number of hydrogen-bond donors (Lipinski definition) is 3. The van der Waals surface area contributed by atoms with Crippen LogP contribution in [-0.4, -0.2) is 70.4 Å². The number of aliphatic carboxylic acids is 2. The Morgan fingerprint density at radius 1 is 0.947 bits per heavy atom. The third-order valence-corrected chi connectivity index (χ3v) is 5.38. The average molecular weight is 539 g/mol. The third-order valence-electron chi connectivity index (χ3n) is 5.38. The van der Waals surface area contributed by atoms with Crippen LogP contribution in [0.4, 0.5) is 0 Å². The molecule has 1 heterocycles. The number of carbonyl (C=O) groups excluding carboxylic acids is 4. The second-order valence-corrected chi connectivity index (χ2v) is 8.72. The minimum atomic E-state index is -1.04. The van der Waals surface area contributed by atoms with E-state index in [9.17, 15) is 28.8 Å². The molecule has 214 valence electrons. The molecule has 38 heavy (non-hydrogen) atoms. The van der Waals surface area contributed by atoms with Crippen molar-refractivity contribution >= 4 is 35.6 Å². The average Bonchev–Trinajstić information content (AvgIpc) is 3.09. The lowest BCUT2D eigenvalue weighted by molar-refractivity contribution is -0.150. The lowest BCUT2D eigenvalue weighted by atomic mass is 9.98. The molecule has 3 N–H and O–H groups in total. The molecule has 1 rings (SSSR count). The summed E-state index contributed by atoms with van der Waals surface area (Å²) in [7, 11) is 0. The van der Waals surface area contributed by atoms with Crippen LogP contribution in [0.15, 0.2) is 36.5 Å². The minimum Gasteiger partial charge on any atom is -0.481 e. The number of likely N-dealkylation sites (tertiary alicyclic amines) is 1. The lowest BCUT2D eigenvalue weighted by Gasteiger charge is -2.11. The number of hydrogen-bond acceptors (Lipinski definition) is 7. The van der Waals surface area contributed by atoms with Gasteiger partial charge in [-0.2, -0.15) is 0 Å². The number of esters is 1. The number of carboxylic acids is 2. The zero-order valence-electron chi connectivity index (χ0n) is 23.3. The van der Waals surface area contributed by atoms with Crippen LogP contribution in [0.2, 0.25) is 0 Å². The Morgan fingerprint density at radius 2 is 1.42 bits per heavy atom. The molecule has 0 aliphatic carbocycles. The van der Waals surface area contributed by atoms with E-state index in [4.69, 9.17) is 10.2 Å². The van der Waals surface area contributed by atoms with E-state index < -0.39 is 29.7 Å². The number of rotatable bonds is 12. The molecule has 3 unspecified atom stereocenters. The zero-order valence-corrected chi connectivity index (χ0v) is 23.3. The summed E-state index contributed by atoms with van der Waals surface area (Å²) < 4.78 is 4.63. The maximum atomic E-state index is 11.4. The number of carboxylic acid groups (broad SMARTS) is 2. The molecule has 11 heteroatoms. The summed E-state index contributed by atoms with van der Waals surface area (Å²) in [6, 6.07) is 0. The first-order valence-electron chi connectivity index (χ1n) is 12.2. The summed E-state index contributed by atoms with van der Waals surface area (Å²) in [6.07, 6.45) is 0.138. The van der Waals surface area contributed by atoms with Crippen molar-refractivity contribution in [3.8, 4) is 0 Å². The Hall–Kier alpha value is -3.76. The van der Waals surface area contributed by atoms with Gasteiger partial charge in [0.2, 0.25) is 17.7 Å². The monoisotopic (exact) mass is 538 g/mol. The number of amides is 3. The van der Waals surface area contributed by atoms with Crippen molar-refractivity contribution in [1.29, 1.82) is 0 Å². The number of ether oxygens (including phenoxy) is 1. The molecule has 0 radical (unpaired) electrons. The van der Waals surface area contributed by atoms with E-state index in [-0.39, 0.29) is 43.1 Å². The van der Waals surface area contributed by atoms with Gasteiger partial charge in [0.15, 0.2) is 0 Å². The summed E-state index contributed by atoms with van der Waals surface area (Å²) >= 11 is 0. The van der Waals surface area contributed by atoms with E-state index in [1.165, 1.54) is 4.90 Å². The molecule has 0 bridgehead atoms. The highest BCUT2D eigenvalue weighted by molar-refractivity contribution is 6.04. The van der Waals surface area contributed by atoms with Crippen LogP contribution in [0.1, 0.15) is 60.8 Å². The fraction of sp³-hybridized carbons (Fsp3) is 0.556. The molecule has 0 aromatic carbocycles. The van der Waals surface area contributed by atoms with Crippen LogP contribution in [0, 0.1) is 17.8 Å². The van der Waals surface area contributed by atoms with Crippen LogP contribution < -0.4 is 5.32 Å². The topological polar surface area (TPSA) is 167 Å². The summed E-state index contributed by atoms with van der Waals surface area (Å²) in [6.45, 7) is 22.2. The molecule has 0 saturated carbocycles. The Kier molecular flexibility index (Phi) is 17.7. The van der Waals surface area contributed by atoms with Crippen LogP contribution in [0.25, 0.3) is 0 Å².